The Morgan fingerprint density at radius 1 is 1.37 bits per heavy atom. The lowest BCUT2D eigenvalue weighted by Crippen LogP contribution is -2.24. The van der Waals surface area contributed by atoms with E-state index in [9.17, 15) is 0 Å². The molecule has 0 radical (unpaired) electrons. The highest BCUT2D eigenvalue weighted by atomic mass is 79.9. The van der Waals surface area contributed by atoms with Crippen LogP contribution in [0.2, 0.25) is 0 Å². The SMILES string of the molecule is CC(C)CCOCCNC1CCc2cc(Br)ccc21. The summed E-state index contributed by atoms with van der Waals surface area (Å²) in [5, 5.41) is 3.61. The molecule has 0 saturated heterocycles. The van der Waals surface area contributed by atoms with Crippen molar-refractivity contribution in [2.75, 3.05) is 19.8 Å². The van der Waals surface area contributed by atoms with Gasteiger partial charge >= 0.3 is 0 Å². The zero-order valence-corrected chi connectivity index (χ0v) is 13.5. The maximum absolute atomic E-state index is 5.64. The fourth-order valence-corrected chi connectivity index (χ4v) is 2.93. The van der Waals surface area contributed by atoms with Crippen molar-refractivity contribution in [3.8, 4) is 0 Å². The maximum Gasteiger partial charge on any atom is 0.0591 e. The molecule has 19 heavy (non-hydrogen) atoms. The summed E-state index contributed by atoms with van der Waals surface area (Å²) in [7, 11) is 0. The normalized spacial score (nSPS) is 18.0. The van der Waals surface area contributed by atoms with Crippen molar-refractivity contribution in [2.24, 2.45) is 5.92 Å². The quantitative estimate of drug-likeness (QED) is 0.762. The lowest BCUT2D eigenvalue weighted by atomic mass is 10.1. The van der Waals surface area contributed by atoms with Crippen molar-refractivity contribution in [3.63, 3.8) is 0 Å². The van der Waals surface area contributed by atoms with E-state index in [0.29, 0.717) is 6.04 Å². The Kier molecular flexibility index (Phi) is 5.86. The van der Waals surface area contributed by atoms with E-state index in [0.717, 1.165) is 32.1 Å². The molecule has 0 spiro atoms. The first kappa shape index (κ1) is 15.0. The summed E-state index contributed by atoms with van der Waals surface area (Å²) in [5.41, 5.74) is 2.94. The number of hydrogen-bond acceptors (Lipinski definition) is 2. The molecule has 2 rings (SSSR count). The smallest absolute Gasteiger partial charge is 0.0591 e. The van der Waals surface area contributed by atoms with Gasteiger partial charge in [0, 0.05) is 23.7 Å². The molecule has 106 valence electrons. The highest BCUT2D eigenvalue weighted by Gasteiger charge is 2.21. The molecular weight excluding hydrogens is 302 g/mol. The molecule has 3 heteroatoms. The first-order valence-corrected chi connectivity index (χ1v) is 8.05. The Morgan fingerprint density at radius 2 is 2.21 bits per heavy atom. The summed E-state index contributed by atoms with van der Waals surface area (Å²) in [4.78, 5) is 0. The van der Waals surface area contributed by atoms with Crippen molar-refractivity contribution in [1.29, 1.82) is 0 Å². The Morgan fingerprint density at radius 3 is 3.00 bits per heavy atom. The van der Waals surface area contributed by atoms with Crippen LogP contribution in [0.1, 0.15) is 43.9 Å². The van der Waals surface area contributed by atoms with Crippen LogP contribution in [0.25, 0.3) is 0 Å². The van der Waals surface area contributed by atoms with Gasteiger partial charge in [-0.25, -0.2) is 0 Å². The topological polar surface area (TPSA) is 21.3 Å². The van der Waals surface area contributed by atoms with Crippen molar-refractivity contribution in [1.82, 2.24) is 5.32 Å². The minimum atomic E-state index is 0.511. The van der Waals surface area contributed by atoms with Gasteiger partial charge in [0.25, 0.3) is 0 Å². The van der Waals surface area contributed by atoms with E-state index in [1.165, 1.54) is 28.4 Å². The van der Waals surface area contributed by atoms with Crippen LogP contribution >= 0.6 is 15.9 Å². The Bertz CT molecular complexity index is 406. The van der Waals surface area contributed by atoms with Crippen LogP contribution in [-0.2, 0) is 11.2 Å². The molecule has 0 bridgehead atoms. The van der Waals surface area contributed by atoms with Gasteiger partial charge < -0.3 is 10.1 Å². The van der Waals surface area contributed by atoms with E-state index >= 15 is 0 Å². The van der Waals surface area contributed by atoms with Crippen molar-refractivity contribution < 1.29 is 4.74 Å². The van der Waals surface area contributed by atoms with Gasteiger partial charge in [-0.2, -0.15) is 0 Å². The molecule has 1 aliphatic rings. The average molecular weight is 326 g/mol. The van der Waals surface area contributed by atoms with Gasteiger partial charge in [-0.05, 0) is 48.4 Å². The van der Waals surface area contributed by atoms with Gasteiger partial charge in [0.15, 0.2) is 0 Å². The van der Waals surface area contributed by atoms with Gasteiger partial charge in [0.05, 0.1) is 6.61 Å². The van der Waals surface area contributed by atoms with Crippen LogP contribution in [-0.4, -0.2) is 19.8 Å². The molecule has 0 aromatic heterocycles. The number of halogens is 1. The van der Waals surface area contributed by atoms with Crippen LogP contribution in [0.4, 0.5) is 0 Å². The molecule has 1 aromatic rings. The molecule has 1 unspecified atom stereocenters. The number of rotatable bonds is 7. The minimum Gasteiger partial charge on any atom is -0.380 e. The third-order valence-electron chi connectivity index (χ3n) is 3.66. The van der Waals surface area contributed by atoms with E-state index < -0.39 is 0 Å². The van der Waals surface area contributed by atoms with Crippen molar-refractivity contribution >= 4 is 15.9 Å². The number of aryl methyl sites for hydroxylation is 1. The van der Waals surface area contributed by atoms with Gasteiger partial charge in [-0.1, -0.05) is 35.8 Å². The zero-order chi connectivity index (χ0) is 13.7. The lowest BCUT2D eigenvalue weighted by molar-refractivity contribution is 0.123. The van der Waals surface area contributed by atoms with Crippen LogP contribution in [0.3, 0.4) is 0 Å². The summed E-state index contributed by atoms with van der Waals surface area (Å²) in [6.07, 6.45) is 3.54. The standard InChI is InChI=1S/C16H24BrNO/c1-12(2)7-9-19-10-8-18-16-6-3-13-11-14(17)4-5-15(13)16/h4-5,11-12,16,18H,3,6-10H2,1-2H3. The van der Waals surface area contributed by atoms with Gasteiger partial charge in [0.2, 0.25) is 0 Å². The summed E-state index contributed by atoms with van der Waals surface area (Å²) >= 11 is 3.54. The zero-order valence-electron chi connectivity index (χ0n) is 11.9. The van der Waals surface area contributed by atoms with E-state index in [-0.39, 0.29) is 0 Å². The van der Waals surface area contributed by atoms with Gasteiger partial charge in [-0.15, -0.1) is 0 Å². The Balaban J connectivity index is 1.69. The second kappa shape index (κ2) is 7.41. The molecule has 0 heterocycles. The van der Waals surface area contributed by atoms with E-state index in [4.69, 9.17) is 4.74 Å². The van der Waals surface area contributed by atoms with Gasteiger partial charge in [0.1, 0.15) is 0 Å². The largest absolute Gasteiger partial charge is 0.380 e. The molecule has 0 aliphatic heterocycles. The molecule has 1 atom stereocenters. The maximum atomic E-state index is 5.64. The molecule has 2 nitrogen and oxygen atoms in total. The third-order valence-corrected chi connectivity index (χ3v) is 4.15. The van der Waals surface area contributed by atoms with E-state index in [1.54, 1.807) is 0 Å². The molecule has 1 aromatic carbocycles. The second-order valence-corrected chi connectivity index (χ2v) is 6.60. The predicted molar refractivity (Wildman–Crippen MR) is 83.5 cm³/mol. The van der Waals surface area contributed by atoms with Crippen LogP contribution in [0, 0.1) is 5.92 Å². The fourth-order valence-electron chi connectivity index (χ4n) is 2.52. The molecule has 0 fully saturated rings. The Labute approximate surface area is 125 Å². The van der Waals surface area contributed by atoms with E-state index in [1.807, 2.05) is 0 Å². The average Bonchev–Trinajstić information content (AvgIpc) is 2.75. The summed E-state index contributed by atoms with van der Waals surface area (Å²) < 4.78 is 6.83. The second-order valence-electron chi connectivity index (χ2n) is 5.68. The van der Waals surface area contributed by atoms with Crippen molar-refractivity contribution in [3.05, 3.63) is 33.8 Å². The highest BCUT2D eigenvalue weighted by Crippen LogP contribution is 2.32. The molecule has 1 aliphatic carbocycles. The highest BCUT2D eigenvalue weighted by molar-refractivity contribution is 9.10. The first-order valence-electron chi connectivity index (χ1n) is 7.26. The van der Waals surface area contributed by atoms with E-state index in [2.05, 4.69) is 53.3 Å². The summed E-state index contributed by atoms with van der Waals surface area (Å²) in [6, 6.07) is 7.13. The van der Waals surface area contributed by atoms with Crippen LogP contribution in [0.15, 0.2) is 22.7 Å². The Hall–Kier alpha value is -0.380. The van der Waals surface area contributed by atoms with Crippen molar-refractivity contribution in [2.45, 2.75) is 39.2 Å². The number of ether oxygens (including phenoxy) is 1. The molecular formula is C16H24BrNO. The number of fused-ring (bicyclic) bond motifs is 1. The third kappa shape index (κ3) is 4.59. The first-order chi connectivity index (χ1) is 9.16. The fraction of sp³-hybridized carbons (Fsp3) is 0.625. The number of hydrogen-bond donors (Lipinski definition) is 1. The van der Waals surface area contributed by atoms with Crippen LogP contribution < -0.4 is 5.32 Å². The monoisotopic (exact) mass is 325 g/mol. The predicted octanol–water partition coefficient (Wildman–Crippen LogP) is 4.09. The lowest BCUT2D eigenvalue weighted by Gasteiger charge is -2.14. The molecule has 1 N–H and O–H groups in total. The molecule has 0 saturated carbocycles. The summed E-state index contributed by atoms with van der Waals surface area (Å²) in [5.74, 6) is 0.730. The number of benzene rings is 1. The van der Waals surface area contributed by atoms with Gasteiger partial charge in [-0.3, -0.25) is 0 Å². The minimum absolute atomic E-state index is 0.511. The van der Waals surface area contributed by atoms with Crippen LogP contribution in [0.5, 0.6) is 0 Å². The number of nitrogens with one attached hydrogen (secondary N) is 1. The summed E-state index contributed by atoms with van der Waals surface area (Å²) in [6.45, 7) is 7.10. The molecule has 0 amide bonds.